The minimum atomic E-state index is -0.708. The number of aromatic nitrogens is 2. The van der Waals surface area contributed by atoms with Crippen molar-refractivity contribution in [3.8, 4) is 11.3 Å². The van der Waals surface area contributed by atoms with Crippen LogP contribution in [0.2, 0.25) is 0 Å². The van der Waals surface area contributed by atoms with Crippen LogP contribution in [-0.2, 0) is 15.8 Å². The van der Waals surface area contributed by atoms with Crippen LogP contribution in [0, 0.1) is 23.4 Å². The molecule has 242 valence electrons. The van der Waals surface area contributed by atoms with Gasteiger partial charge in [-0.25, -0.2) is 28.1 Å². The van der Waals surface area contributed by atoms with E-state index in [1.54, 1.807) is 12.3 Å². The van der Waals surface area contributed by atoms with Gasteiger partial charge in [0.15, 0.2) is 5.82 Å². The van der Waals surface area contributed by atoms with E-state index in [1.807, 2.05) is 32.3 Å². The predicted molar refractivity (Wildman–Crippen MR) is 185 cm³/mol. The number of nitrogens with one attached hydrogen (secondary N) is 2. The number of hydrogen-bond acceptors (Lipinski definition) is 7. The van der Waals surface area contributed by atoms with Gasteiger partial charge < -0.3 is 16.0 Å². The van der Waals surface area contributed by atoms with Crippen LogP contribution in [-0.4, -0.2) is 52.6 Å². The maximum absolute atomic E-state index is 15.1. The molecule has 13 heteroatoms. The van der Waals surface area contributed by atoms with Crippen molar-refractivity contribution in [1.29, 1.82) is 0 Å². The van der Waals surface area contributed by atoms with Crippen molar-refractivity contribution in [1.82, 2.24) is 20.2 Å². The van der Waals surface area contributed by atoms with Gasteiger partial charge in [0.05, 0.1) is 23.5 Å². The summed E-state index contributed by atoms with van der Waals surface area (Å²) in [4.78, 5) is 32.6. The highest BCUT2D eigenvalue weighted by atomic mass is 127. The summed E-state index contributed by atoms with van der Waals surface area (Å²) in [6.07, 6.45) is 4.00. The molecule has 0 saturated heterocycles. The zero-order chi connectivity index (χ0) is 33.2. The fourth-order valence-electron chi connectivity index (χ4n) is 5.94. The van der Waals surface area contributed by atoms with Crippen molar-refractivity contribution < 1.29 is 18.0 Å². The Kier molecular flexibility index (Phi) is 9.55. The molecule has 1 saturated carbocycles. The lowest BCUT2D eigenvalue weighted by Crippen LogP contribution is -2.40. The summed E-state index contributed by atoms with van der Waals surface area (Å²) in [5.41, 5.74) is 9.61. The number of benzene rings is 3. The molecule has 47 heavy (non-hydrogen) atoms. The van der Waals surface area contributed by atoms with E-state index in [-0.39, 0.29) is 47.2 Å². The van der Waals surface area contributed by atoms with Crippen molar-refractivity contribution in [2.24, 2.45) is 21.6 Å². The van der Waals surface area contributed by atoms with Crippen molar-refractivity contribution in [3.63, 3.8) is 0 Å². The normalized spacial score (nSPS) is 17.5. The molecule has 0 bridgehead atoms. The number of carbonyl (C=O) groups is 1. The third-order valence-electron chi connectivity index (χ3n) is 8.42. The first-order valence-corrected chi connectivity index (χ1v) is 16.6. The molecule has 2 atom stereocenters. The lowest BCUT2D eigenvalue weighted by atomic mass is 9.93. The molecular weight excluding hydrogens is 720 g/mol. The van der Waals surface area contributed by atoms with Gasteiger partial charge in [0.25, 0.3) is 0 Å². The Bertz CT molecular complexity index is 1890. The summed E-state index contributed by atoms with van der Waals surface area (Å²) >= 11 is 2.23. The molecule has 1 aliphatic carbocycles. The van der Waals surface area contributed by atoms with E-state index >= 15 is 4.39 Å². The number of fused-ring (bicyclic) bond motifs is 3. The van der Waals surface area contributed by atoms with E-state index in [2.05, 4.69) is 53.1 Å². The number of carbonyl (C=O) groups excluding carboxylic acids is 1. The molecule has 1 aliphatic heterocycles. The van der Waals surface area contributed by atoms with Gasteiger partial charge in [0, 0.05) is 45.0 Å². The Hall–Kier alpha value is -4.37. The Morgan fingerprint density at radius 3 is 2.53 bits per heavy atom. The quantitative estimate of drug-likeness (QED) is 0.0873. The number of alkyl halides is 1. The summed E-state index contributed by atoms with van der Waals surface area (Å²) in [7, 11) is 3.98. The molecule has 6 rings (SSSR count). The second-order valence-electron chi connectivity index (χ2n) is 11.7. The van der Waals surface area contributed by atoms with Crippen LogP contribution in [0.5, 0.6) is 0 Å². The van der Waals surface area contributed by atoms with Crippen LogP contribution in [0.15, 0.2) is 70.8 Å². The average Bonchev–Trinajstić information content (AvgIpc) is 3.50. The number of hydrogen-bond donors (Lipinski definition) is 3. The molecular formula is C34H32F3IN8O. The number of amides is 1. The van der Waals surface area contributed by atoms with Crippen molar-refractivity contribution in [2.45, 2.75) is 36.3 Å². The van der Waals surface area contributed by atoms with Crippen molar-refractivity contribution in [2.75, 3.05) is 19.4 Å². The van der Waals surface area contributed by atoms with Gasteiger partial charge in [-0.15, -0.1) is 0 Å². The minimum Gasteiger partial charge on any atom is -0.369 e. The van der Waals surface area contributed by atoms with E-state index in [0.717, 1.165) is 24.8 Å². The molecule has 2 aliphatic rings. The first kappa shape index (κ1) is 32.6. The van der Waals surface area contributed by atoms with Gasteiger partial charge in [-0.1, -0.05) is 40.8 Å². The first-order valence-electron chi connectivity index (χ1n) is 15.0. The third kappa shape index (κ3) is 7.00. The largest absolute Gasteiger partial charge is 0.369 e. The van der Waals surface area contributed by atoms with Crippen LogP contribution in [0.1, 0.15) is 41.5 Å². The Morgan fingerprint density at radius 2 is 1.83 bits per heavy atom. The highest BCUT2D eigenvalue weighted by Crippen LogP contribution is 2.35. The SMILES string of the molecule is CN(C)C1CCC(C(=O)NC(N)=Nc2ccc(Nc3ncc4c(n3)-c3ccc(CI)cc3C(c3c(F)cccc3F)=NC4)cc2F)C1. The number of guanidine groups is 1. The van der Waals surface area contributed by atoms with Gasteiger partial charge in [0.1, 0.15) is 17.3 Å². The standard InChI is InChI=1S/C34H32F3IN8O/c1-46(2)22-9-7-19(13-22)32(47)45-33(39)43-28-11-8-21(14-27(28)37)42-34-41-17-20-16-40-31(29-25(35)4-3-5-26(29)36)24-12-18(15-38)6-10-23(24)30(20)44-34/h3-6,8,10-12,14,17,19,22H,7,9,13,15-16H2,1-2H3,(H,41,42,44)(H3,39,43,45,47). The summed E-state index contributed by atoms with van der Waals surface area (Å²) in [5.74, 6) is -2.48. The molecule has 2 heterocycles. The summed E-state index contributed by atoms with van der Waals surface area (Å²) < 4.78 is 45.7. The van der Waals surface area contributed by atoms with E-state index in [9.17, 15) is 13.6 Å². The second kappa shape index (κ2) is 13.8. The lowest BCUT2D eigenvalue weighted by molar-refractivity contribution is -0.123. The van der Waals surface area contributed by atoms with E-state index in [0.29, 0.717) is 38.5 Å². The maximum atomic E-state index is 15.1. The second-order valence-corrected chi connectivity index (χ2v) is 12.5. The number of nitrogens with zero attached hydrogens (tertiary/aromatic N) is 5. The van der Waals surface area contributed by atoms with Gasteiger partial charge >= 0.3 is 0 Å². The highest BCUT2D eigenvalue weighted by Gasteiger charge is 2.31. The lowest BCUT2D eigenvalue weighted by Gasteiger charge is -2.18. The monoisotopic (exact) mass is 752 g/mol. The Balaban J connectivity index is 1.23. The summed E-state index contributed by atoms with van der Waals surface area (Å²) in [6, 6.07) is 14.0. The van der Waals surface area contributed by atoms with E-state index in [1.165, 1.54) is 30.3 Å². The zero-order valence-electron chi connectivity index (χ0n) is 25.7. The number of aliphatic imine (C=N–C) groups is 2. The third-order valence-corrected chi connectivity index (χ3v) is 9.30. The summed E-state index contributed by atoms with van der Waals surface area (Å²) in [6.45, 7) is 0.100. The molecule has 2 unspecified atom stereocenters. The number of nitrogens with two attached hydrogens (primary N) is 1. The Morgan fingerprint density at radius 1 is 1.04 bits per heavy atom. The van der Waals surface area contributed by atoms with E-state index < -0.39 is 17.5 Å². The van der Waals surface area contributed by atoms with Crippen LogP contribution in [0.3, 0.4) is 0 Å². The number of halogens is 4. The maximum Gasteiger partial charge on any atom is 0.229 e. The van der Waals surface area contributed by atoms with E-state index in [4.69, 9.17) is 10.7 Å². The smallest absolute Gasteiger partial charge is 0.229 e. The molecule has 1 amide bonds. The zero-order valence-corrected chi connectivity index (χ0v) is 27.9. The van der Waals surface area contributed by atoms with Gasteiger partial charge in [-0.2, -0.15) is 0 Å². The summed E-state index contributed by atoms with van der Waals surface area (Å²) in [5, 5.41) is 5.62. The number of rotatable bonds is 7. The first-order chi connectivity index (χ1) is 22.6. The molecule has 0 radical (unpaired) electrons. The van der Waals surface area contributed by atoms with Crippen LogP contribution in [0.4, 0.5) is 30.5 Å². The minimum absolute atomic E-state index is 0.0427. The van der Waals surface area contributed by atoms with Crippen LogP contribution < -0.4 is 16.4 Å². The molecule has 9 nitrogen and oxygen atoms in total. The van der Waals surface area contributed by atoms with Gasteiger partial charge in [-0.3, -0.25) is 15.1 Å². The number of anilines is 2. The fraction of sp³-hybridized carbons (Fsp3) is 0.265. The van der Waals surface area contributed by atoms with Crippen molar-refractivity contribution in [3.05, 3.63) is 100 Å². The van der Waals surface area contributed by atoms with Gasteiger partial charge in [0.2, 0.25) is 17.8 Å². The van der Waals surface area contributed by atoms with Crippen LogP contribution >= 0.6 is 22.6 Å². The van der Waals surface area contributed by atoms with Crippen LogP contribution in [0.25, 0.3) is 11.3 Å². The van der Waals surface area contributed by atoms with Gasteiger partial charge in [-0.05, 0) is 75.3 Å². The predicted octanol–water partition coefficient (Wildman–Crippen LogP) is 6.38. The Labute approximate surface area is 283 Å². The molecule has 1 fully saturated rings. The molecule has 4 N–H and O–H groups in total. The molecule has 3 aromatic carbocycles. The highest BCUT2D eigenvalue weighted by molar-refractivity contribution is 14.1. The average molecular weight is 753 g/mol. The molecule has 4 aromatic rings. The molecule has 0 spiro atoms. The molecule has 1 aromatic heterocycles. The fourth-order valence-corrected chi connectivity index (χ4v) is 6.41. The van der Waals surface area contributed by atoms with Crippen molar-refractivity contribution >= 4 is 57.5 Å². The topological polar surface area (TPSA) is 121 Å².